The van der Waals surface area contributed by atoms with E-state index in [2.05, 4.69) is 10.3 Å². The molecule has 5 rings (SSSR count). The number of rotatable bonds is 7. The van der Waals surface area contributed by atoms with Crippen LogP contribution >= 0.6 is 0 Å². The highest BCUT2D eigenvalue weighted by molar-refractivity contribution is 5.85. The summed E-state index contributed by atoms with van der Waals surface area (Å²) < 4.78 is 23.3. The number of nitrogens with one attached hydrogen (secondary N) is 1. The number of aromatic nitrogens is 1. The molecule has 2 aliphatic rings. The molecule has 11 nitrogen and oxygen atoms in total. The van der Waals surface area contributed by atoms with E-state index in [-0.39, 0.29) is 43.8 Å². The Kier molecular flexibility index (Phi) is 11.0. The third kappa shape index (κ3) is 8.80. The van der Waals surface area contributed by atoms with Crippen molar-refractivity contribution >= 4 is 17.7 Å². The monoisotopic (exact) mass is 616 g/mol. The van der Waals surface area contributed by atoms with Crippen LogP contribution in [0.1, 0.15) is 29.5 Å². The van der Waals surface area contributed by atoms with E-state index in [1.165, 1.54) is 4.90 Å². The molecule has 2 aliphatic heterocycles. The summed E-state index contributed by atoms with van der Waals surface area (Å²) in [4.78, 5) is 47.2. The average molecular weight is 617 g/mol. The Balaban J connectivity index is 1.37. The molecule has 238 valence electrons. The number of fused-ring (bicyclic) bond motifs is 5. The maximum absolute atomic E-state index is 13.3. The molecule has 0 unspecified atom stereocenters. The molecule has 1 aromatic heterocycles. The van der Waals surface area contributed by atoms with Gasteiger partial charge in [-0.25, -0.2) is 0 Å². The van der Waals surface area contributed by atoms with Crippen LogP contribution in [0.5, 0.6) is 17.2 Å². The van der Waals surface area contributed by atoms with E-state index < -0.39 is 12.1 Å². The van der Waals surface area contributed by atoms with Crippen LogP contribution in [0.25, 0.3) is 0 Å². The van der Waals surface area contributed by atoms with Gasteiger partial charge in [0.15, 0.2) is 11.5 Å². The van der Waals surface area contributed by atoms with Crippen molar-refractivity contribution < 1.29 is 33.3 Å². The number of likely N-dealkylation sites (tertiary alicyclic amines) is 1. The lowest BCUT2D eigenvalue weighted by Crippen LogP contribution is -2.49. The topological polar surface area (TPSA) is 120 Å². The van der Waals surface area contributed by atoms with Crippen LogP contribution in [0.3, 0.4) is 0 Å². The first kappa shape index (κ1) is 31.9. The van der Waals surface area contributed by atoms with Gasteiger partial charge < -0.3 is 34.1 Å². The van der Waals surface area contributed by atoms with E-state index in [9.17, 15) is 14.4 Å². The predicted octanol–water partition coefficient (Wildman–Crippen LogP) is 3.15. The Labute approximate surface area is 263 Å². The Bertz CT molecular complexity index is 1470. The second-order valence-electron chi connectivity index (χ2n) is 11.2. The van der Waals surface area contributed by atoms with Crippen molar-refractivity contribution in [3.63, 3.8) is 0 Å². The van der Waals surface area contributed by atoms with Gasteiger partial charge in [0.2, 0.25) is 17.7 Å². The van der Waals surface area contributed by atoms with Gasteiger partial charge in [0.05, 0.1) is 39.0 Å². The summed E-state index contributed by atoms with van der Waals surface area (Å²) in [6.45, 7) is 1.35. The van der Waals surface area contributed by atoms with Crippen LogP contribution in [-0.4, -0.2) is 91.7 Å². The SMILES string of the molecule is COCCN1CC(=O)N[C@H]2CN(C(=O)CCc3cccnc3)C[C@@H]2OCc2cccc(c2)Oc2cc(ccc2OC)CCC1=O. The highest BCUT2D eigenvalue weighted by Crippen LogP contribution is 2.33. The minimum Gasteiger partial charge on any atom is -0.493 e. The molecule has 3 amide bonds. The standard InChI is InChI=1S/C34H40N4O7/c1-42-16-15-37-22-32(39)36-28-20-38(34(41)13-10-25-6-4-14-35-19-25)21-31(28)44-23-26-5-3-7-27(17-26)45-30-18-24(9-12-33(37)40)8-11-29(30)43-2/h3-8,11,14,17-19,28,31H,9-10,12-13,15-16,20-23H2,1-2H3,(H,36,39)/t28-,31-/m0/s1. The maximum Gasteiger partial charge on any atom is 0.239 e. The molecule has 2 aromatic carbocycles. The largest absolute Gasteiger partial charge is 0.493 e. The third-order valence-electron chi connectivity index (χ3n) is 8.01. The Morgan fingerprint density at radius 1 is 1.04 bits per heavy atom. The molecular formula is C34H40N4O7. The zero-order valence-electron chi connectivity index (χ0n) is 25.8. The number of amides is 3. The van der Waals surface area contributed by atoms with Gasteiger partial charge in [-0.05, 0) is 59.9 Å². The molecule has 45 heavy (non-hydrogen) atoms. The van der Waals surface area contributed by atoms with E-state index in [0.717, 1.165) is 16.7 Å². The summed E-state index contributed by atoms with van der Waals surface area (Å²) in [5.41, 5.74) is 2.77. The van der Waals surface area contributed by atoms with Gasteiger partial charge in [-0.15, -0.1) is 0 Å². The van der Waals surface area contributed by atoms with Gasteiger partial charge in [-0.3, -0.25) is 19.4 Å². The molecule has 1 fully saturated rings. The Hall–Kier alpha value is -4.48. The number of nitrogens with zero attached hydrogens (tertiary/aromatic N) is 3. The minimum absolute atomic E-state index is 0.0226. The zero-order chi connectivity index (χ0) is 31.6. The fraction of sp³-hybridized carbons (Fsp3) is 0.412. The van der Waals surface area contributed by atoms with Crippen molar-refractivity contribution in [2.24, 2.45) is 0 Å². The number of carbonyl (C=O) groups is 3. The van der Waals surface area contributed by atoms with Crippen LogP contribution in [0.15, 0.2) is 67.0 Å². The lowest BCUT2D eigenvalue weighted by molar-refractivity contribution is -0.137. The zero-order valence-corrected chi connectivity index (χ0v) is 25.8. The van der Waals surface area contributed by atoms with Gasteiger partial charge in [0, 0.05) is 52.0 Å². The summed E-state index contributed by atoms with van der Waals surface area (Å²) in [6, 6.07) is 16.5. The van der Waals surface area contributed by atoms with Gasteiger partial charge in [-0.1, -0.05) is 24.3 Å². The fourth-order valence-electron chi connectivity index (χ4n) is 5.55. The van der Waals surface area contributed by atoms with Crippen LogP contribution in [0.2, 0.25) is 0 Å². The molecule has 3 aromatic rings. The first-order chi connectivity index (χ1) is 21.9. The summed E-state index contributed by atoms with van der Waals surface area (Å²) >= 11 is 0. The lowest BCUT2D eigenvalue weighted by Gasteiger charge is -2.25. The smallest absolute Gasteiger partial charge is 0.239 e. The molecule has 3 heterocycles. The number of benzene rings is 2. The van der Waals surface area contributed by atoms with E-state index in [1.807, 2.05) is 54.6 Å². The van der Waals surface area contributed by atoms with Crippen molar-refractivity contribution in [3.8, 4) is 17.2 Å². The normalized spacial score (nSPS) is 19.2. The molecule has 0 spiro atoms. The van der Waals surface area contributed by atoms with Crippen LogP contribution in [0, 0.1) is 0 Å². The summed E-state index contributed by atoms with van der Waals surface area (Å²) in [5, 5.41) is 3.05. The third-order valence-corrected chi connectivity index (χ3v) is 8.01. The number of hydrogen-bond donors (Lipinski definition) is 1. The maximum atomic E-state index is 13.3. The van der Waals surface area contributed by atoms with Gasteiger partial charge in [0.25, 0.3) is 0 Å². The molecule has 11 heteroatoms. The molecular weight excluding hydrogens is 576 g/mol. The Morgan fingerprint density at radius 3 is 2.73 bits per heavy atom. The van der Waals surface area contributed by atoms with Gasteiger partial charge in [-0.2, -0.15) is 0 Å². The summed E-state index contributed by atoms with van der Waals surface area (Å²) in [5.74, 6) is 1.21. The molecule has 1 saturated heterocycles. The number of ether oxygens (including phenoxy) is 4. The van der Waals surface area contributed by atoms with E-state index in [0.29, 0.717) is 56.2 Å². The van der Waals surface area contributed by atoms with E-state index in [4.69, 9.17) is 18.9 Å². The van der Waals surface area contributed by atoms with Crippen molar-refractivity contribution in [2.75, 3.05) is 47.0 Å². The van der Waals surface area contributed by atoms with Crippen LogP contribution < -0.4 is 14.8 Å². The number of methoxy groups -OCH3 is 2. The van der Waals surface area contributed by atoms with Crippen LogP contribution in [0.4, 0.5) is 0 Å². The first-order valence-electron chi connectivity index (χ1n) is 15.2. The van der Waals surface area contributed by atoms with Gasteiger partial charge in [0.1, 0.15) is 5.75 Å². The molecule has 0 saturated carbocycles. The average Bonchev–Trinajstić information content (AvgIpc) is 3.46. The fourth-order valence-corrected chi connectivity index (χ4v) is 5.55. The van der Waals surface area contributed by atoms with Crippen molar-refractivity contribution in [3.05, 3.63) is 83.7 Å². The molecule has 1 N–H and O–H groups in total. The second kappa shape index (κ2) is 15.5. The Morgan fingerprint density at radius 2 is 1.93 bits per heavy atom. The predicted molar refractivity (Wildman–Crippen MR) is 166 cm³/mol. The highest BCUT2D eigenvalue weighted by Gasteiger charge is 2.37. The van der Waals surface area contributed by atoms with Gasteiger partial charge >= 0.3 is 0 Å². The summed E-state index contributed by atoms with van der Waals surface area (Å²) in [6.07, 6.45) is 4.57. The van der Waals surface area contributed by atoms with Crippen molar-refractivity contribution in [1.29, 1.82) is 0 Å². The van der Waals surface area contributed by atoms with E-state index >= 15 is 0 Å². The quantitative estimate of drug-likeness (QED) is 0.430. The molecule has 0 aliphatic carbocycles. The molecule has 0 radical (unpaired) electrons. The number of pyridine rings is 1. The molecule has 2 atom stereocenters. The van der Waals surface area contributed by atoms with Crippen molar-refractivity contribution in [2.45, 2.75) is 44.4 Å². The number of carbonyl (C=O) groups excluding carboxylic acids is 3. The molecule has 4 bridgehead atoms. The van der Waals surface area contributed by atoms with E-state index in [1.54, 1.807) is 31.5 Å². The number of hydrogen-bond acceptors (Lipinski definition) is 8. The number of aryl methyl sites for hydroxylation is 2. The first-order valence-corrected chi connectivity index (χ1v) is 15.2. The lowest BCUT2D eigenvalue weighted by atomic mass is 10.1. The minimum atomic E-state index is -0.445. The second-order valence-corrected chi connectivity index (χ2v) is 11.2. The van der Waals surface area contributed by atoms with Crippen LogP contribution in [-0.2, 0) is 43.3 Å². The highest BCUT2D eigenvalue weighted by atomic mass is 16.5. The van der Waals surface area contributed by atoms with Crippen molar-refractivity contribution in [1.82, 2.24) is 20.1 Å². The summed E-state index contributed by atoms with van der Waals surface area (Å²) in [7, 11) is 3.14.